The summed E-state index contributed by atoms with van der Waals surface area (Å²) in [6, 6.07) is 5.18. The molecule has 8 nitrogen and oxygen atoms in total. The largest absolute Gasteiger partial charge is 0.461 e. The fraction of sp³-hybridized carbons (Fsp3) is 0.167. The van der Waals surface area contributed by atoms with Crippen molar-refractivity contribution in [2.24, 2.45) is 0 Å². The summed E-state index contributed by atoms with van der Waals surface area (Å²) >= 11 is 1.21. The Bertz CT molecular complexity index is 734. The van der Waals surface area contributed by atoms with E-state index < -0.39 is 0 Å². The third-order valence-corrected chi connectivity index (χ3v) is 3.29. The smallest absolute Gasteiger partial charge is 0.236 e. The van der Waals surface area contributed by atoms with Crippen molar-refractivity contribution in [3.63, 3.8) is 0 Å². The molecule has 0 radical (unpaired) electrons. The minimum absolute atomic E-state index is 0.168. The number of rotatable bonds is 5. The van der Waals surface area contributed by atoms with Crippen LogP contribution in [0.2, 0.25) is 0 Å². The second-order valence-electron chi connectivity index (χ2n) is 4.10. The number of nitrogens with one attached hydrogen (secondary N) is 2. The zero-order valence-electron chi connectivity index (χ0n) is 11.0. The second-order valence-corrected chi connectivity index (χ2v) is 5.05. The maximum atomic E-state index is 11.7. The highest BCUT2D eigenvalue weighted by molar-refractivity contribution is 7.99. The fourth-order valence-corrected chi connectivity index (χ4v) is 2.17. The summed E-state index contributed by atoms with van der Waals surface area (Å²) in [6.45, 7) is 1.75. The van der Waals surface area contributed by atoms with Crippen LogP contribution < -0.4 is 5.32 Å². The number of H-pyrrole nitrogens is 1. The van der Waals surface area contributed by atoms with Crippen LogP contribution in [0, 0.1) is 6.92 Å². The summed E-state index contributed by atoms with van der Waals surface area (Å²) in [6.07, 6.45) is 1.55. The molecule has 3 aromatic heterocycles. The third-order valence-electron chi connectivity index (χ3n) is 2.45. The number of carbonyl (C=O) groups excluding carboxylic acids is 1. The van der Waals surface area contributed by atoms with Gasteiger partial charge in [0.05, 0.1) is 12.0 Å². The summed E-state index contributed by atoms with van der Waals surface area (Å²) in [5, 5.41) is 13.5. The molecule has 0 saturated heterocycles. The second kappa shape index (κ2) is 5.83. The molecule has 3 aromatic rings. The highest BCUT2D eigenvalue weighted by atomic mass is 32.2. The number of nitrogens with zero attached hydrogens (tertiary/aromatic N) is 3. The molecular formula is C12H11N5O3S. The van der Waals surface area contributed by atoms with Gasteiger partial charge in [-0.2, -0.15) is 4.98 Å². The van der Waals surface area contributed by atoms with Crippen molar-refractivity contribution in [2.45, 2.75) is 12.1 Å². The van der Waals surface area contributed by atoms with Gasteiger partial charge in [0.2, 0.25) is 11.1 Å². The number of thioether (sulfide) groups is 1. The van der Waals surface area contributed by atoms with E-state index in [2.05, 4.69) is 25.7 Å². The van der Waals surface area contributed by atoms with E-state index in [0.717, 1.165) is 0 Å². The summed E-state index contributed by atoms with van der Waals surface area (Å²) in [5.74, 6) is 2.10. The molecule has 0 aromatic carbocycles. The molecule has 0 spiro atoms. The summed E-state index contributed by atoms with van der Waals surface area (Å²) in [5.41, 5.74) is 0. The van der Waals surface area contributed by atoms with Gasteiger partial charge in [-0.3, -0.25) is 9.89 Å². The van der Waals surface area contributed by atoms with E-state index >= 15 is 0 Å². The maximum absolute atomic E-state index is 11.7. The van der Waals surface area contributed by atoms with Crippen molar-refractivity contribution >= 4 is 23.5 Å². The van der Waals surface area contributed by atoms with Crippen LogP contribution in [-0.2, 0) is 4.79 Å². The van der Waals surface area contributed by atoms with Crippen LogP contribution in [-0.4, -0.2) is 32.0 Å². The van der Waals surface area contributed by atoms with Crippen LogP contribution >= 0.6 is 11.8 Å². The number of aromatic amines is 1. The highest BCUT2D eigenvalue weighted by Gasteiger charge is 2.11. The Morgan fingerprint density at radius 1 is 1.52 bits per heavy atom. The first-order chi connectivity index (χ1) is 10.2. The molecule has 2 N–H and O–H groups in total. The average Bonchev–Trinajstić information content (AvgIpc) is 3.17. The lowest BCUT2D eigenvalue weighted by Gasteiger charge is -1.98. The minimum atomic E-state index is -0.211. The minimum Gasteiger partial charge on any atom is -0.461 e. The Morgan fingerprint density at radius 3 is 3.14 bits per heavy atom. The van der Waals surface area contributed by atoms with Crippen LogP contribution in [0.5, 0.6) is 0 Å². The number of hydrogen-bond donors (Lipinski definition) is 2. The van der Waals surface area contributed by atoms with Crippen LogP contribution in [0.3, 0.4) is 0 Å². The van der Waals surface area contributed by atoms with Crippen molar-refractivity contribution < 1.29 is 13.7 Å². The van der Waals surface area contributed by atoms with Gasteiger partial charge in [0.25, 0.3) is 0 Å². The van der Waals surface area contributed by atoms with Gasteiger partial charge < -0.3 is 14.3 Å². The van der Waals surface area contributed by atoms with Gasteiger partial charge in [0.15, 0.2) is 17.4 Å². The monoisotopic (exact) mass is 305 g/mol. The van der Waals surface area contributed by atoms with Gasteiger partial charge in [-0.25, -0.2) is 0 Å². The maximum Gasteiger partial charge on any atom is 0.236 e. The average molecular weight is 305 g/mol. The Morgan fingerprint density at radius 2 is 2.43 bits per heavy atom. The molecule has 0 unspecified atom stereocenters. The summed E-state index contributed by atoms with van der Waals surface area (Å²) < 4.78 is 10.1. The highest BCUT2D eigenvalue weighted by Crippen LogP contribution is 2.19. The Balaban J connectivity index is 1.54. The first-order valence-electron chi connectivity index (χ1n) is 6.03. The number of aromatic nitrogens is 4. The molecule has 0 fully saturated rings. The van der Waals surface area contributed by atoms with E-state index in [4.69, 9.17) is 8.94 Å². The molecule has 0 saturated carbocycles. The standard InChI is InChI=1S/C12H11N5O3S/c1-7-5-9(17-20-7)13-10(18)6-21-12-14-11(15-16-12)8-3-2-4-19-8/h2-5H,6H2,1H3,(H,13,17,18)(H,14,15,16). The fourth-order valence-electron chi connectivity index (χ4n) is 1.57. The lowest BCUT2D eigenvalue weighted by molar-refractivity contribution is -0.113. The molecule has 0 atom stereocenters. The Hall–Kier alpha value is -2.55. The Labute approximate surface area is 123 Å². The van der Waals surface area contributed by atoms with E-state index in [1.807, 2.05) is 0 Å². The topological polar surface area (TPSA) is 110 Å². The van der Waals surface area contributed by atoms with Gasteiger partial charge in [0, 0.05) is 6.07 Å². The van der Waals surface area contributed by atoms with Crippen molar-refractivity contribution in [1.29, 1.82) is 0 Å². The molecule has 3 rings (SSSR count). The van der Waals surface area contributed by atoms with E-state index in [1.165, 1.54) is 11.8 Å². The van der Waals surface area contributed by atoms with Crippen molar-refractivity contribution in [3.8, 4) is 11.6 Å². The van der Waals surface area contributed by atoms with Gasteiger partial charge in [-0.15, -0.1) is 5.10 Å². The third kappa shape index (κ3) is 3.31. The van der Waals surface area contributed by atoms with Crippen molar-refractivity contribution in [3.05, 3.63) is 30.2 Å². The predicted molar refractivity (Wildman–Crippen MR) is 74.7 cm³/mol. The number of anilines is 1. The Kier molecular flexibility index (Phi) is 3.73. The zero-order valence-corrected chi connectivity index (χ0v) is 11.8. The van der Waals surface area contributed by atoms with E-state index in [9.17, 15) is 4.79 Å². The summed E-state index contributed by atoms with van der Waals surface area (Å²) in [7, 11) is 0. The number of hydrogen-bond acceptors (Lipinski definition) is 7. The molecular weight excluding hydrogens is 294 g/mol. The van der Waals surface area contributed by atoms with Crippen LogP contribution in [0.25, 0.3) is 11.6 Å². The molecule has 0 aliphatic heterocycles. The van der Waals surface area contributed by atoms with Crippen molar-refractivity contribution in [1.82, 2.24) is 20.3 Å². The molecule has 3 heterocycles. The van der Waals surface area contributed by atoms with Crippen molar-refractivity contribution in [2.75, 3.05) is 11.1 Å². The van der Waals surface area contributed by atoms with E-state index in [-0.39, 0.29) is 11.7 Å². The quantitative estimate of drug-likeness (QED) is 0.694. The molecule has 21 heavy (non-hydrogen) atoms. The normalized spacial score (nSPS) is 10.7. The SMILES string of the molecule is Cc1cc(NC(=O)CSc2n[nH]c(-c3ccco3)n2)no1. The van der Waals surface area contributed by atoms with Gasteiger partial charge in [-0.1, -0.05) is 16.9 Å². The predicted octanol–water partition coefficient (Wildman–Crippen LogP) is 2.09. The lowest BCUT2D eigenvalue weighted by atomic mass is 10.4. The number of aryl methyl sites for hydroxylation is 1. The van der Waals surface area contributed by atoms with E-state index in [1.54, 1.807) is 31.4 Å². The number of furan rings is 1. The molecule has 0 aliphatic rings. The molecule has 0 bridgehead atoms. The molecule has 0 aliphatic carbocycles. The number of amides is 1. The zero-order chi connectivity index (χ0) is 14.7. The van der Waals surface area contributed by atoms with Gasteiger partial charge in [0.1, 0.15) is 5.76 Å². The van der Waals surface area contributed by atoms with Gasteiger partial charge >= 0.3 is 0 Å². The lowest BCUT2D eigenvalue weighted by Crippen LogP contribution is -2.14. The van der Waals surface area contributed by atoms with Crippen LogP contribution in [0.4, 0.5) is 5.82 Å². The van der Waals surface area contributed by atoms with E-state index in [0.29, 0.717) is 28.3 Å². The molecule has 1 amide bonds. The molecule has 108 valence electrons. The molecule has 9 heteroatoms. The van der Waals surface area contributed by atoms with Crippen LogP contribution in [0.15, 0.2) is 38.6 Å². The number of carbonyl (C=O) groups is 1. The first-order valence-corrected chi connectivity index (χ1v) is 7.01. The first kappa shape index (κ1) is 13.4. The summed E-state index contributed by atoms with van der Waals surface area (Å²) in [4.78, 5) is 16.0. The van der Waals surface area contributed by atoms with Crippen LogP contribution in [0.1, 0.15) is 5.76 Å². The van der Waals surface area contributed by atoms with Gasteiger partial charge in [-0.05, 0) is 19.1 Å².